The van der Waals surface area contributed by atoms with E-state index in [1.54, 1.807) is 0 Å². The van der Waals surface area contributed by atoms with Crippen LogP contribution in [0.15, 0.2) is 24.5 Å². The molecular formula is C12H13Cl2F3N2O3. The van der Waals surface area contributed by atoms with Crippen LogP contribution in [0, 0.1) is 11.8 Å². The van der Waals surface area contributed by atoms with E-state index in [0.29, 0.717) is 0 Å². The first kappa shape index (κ1) is 20.5. The van der Waals surface area contributed by atoms with Gasteiger partial charge in [-0.25, -0.2) is 0 Å². The predicted molar refractivity (Wildman–Crippen MR) is 75.3 cm³/mol. The third-order valence-corrected chi connectivity index (χ3v) is 3.27. The zero-order valence-electron chi connectivity index (χ0n) is 11.0. The highest BCUT2D eigenvalue weighted by molar-refractivity contribution is 5.94. The minimum absolute atomic E-state index is 0. The second-order valence-electron chi connectivity index (χ2n) is 4.54. The van der Waals surface area contributed by atoms with Gasteiger partial charge in [-0.05, 0) is 12.1 Å². The summed E-state index contributed by atoms with van der Waals surface area (Å²) in [5.41, 5.74) is 0.187. The molecule has 1 amide bonds. The first-order valence-electron chi connectivity index (χ1n) is 5.79. The molecule has 0 spiro atoms. The number of pyridine rings is 1. The highest BCUT2D eigenvalue weighted by Gasteiger charge is 2.53. The molecule has 1 fully saturated rings. The van der Waals surface area contributed by atoms with E-state index in [9.17, 15) is 22.8 Å². The van der Waals surface area contributed by atoms with Crippen LogP contribution in [-0.4, -0.2) is 46.1 Å². The van der Waals surface area contributed by atoms with Gasteiger partial charge in [0.15, 0.2) is 0 Å². The molecule has 1 saturated heterocycles. The van der Waals surface area contributed by atoms with E-state index in [2.05, 4.69) is 4.98 Å². The molecule has 0 aromatic carbocycles. The molecule has 2 atom stereocenters. The number of nitrogens with zero attached hydrogens (tertiary/aromatic N) is 2. The second-order valence-corrected chi connectivity index (χ2v) is 4.54. The first-order valence-corrected chi connectivity index (χ1v) is 5.79. The molecule has 10 heteroatoms. The molecule has 0 unspecified atom stereocenters. The summed E-state index contributed by atoms with van der Waals surface area (Å²) >= 11 is 0. The Labute approximate surface area is 136 Å². The number of aliphatic carboxylic acids is 1. The number of carboxylic acid groups (broad SMARTS) is 1. The van der Waals surface area contributed by atoms with Crippen molar-refractivity contribution in [3.8, 4) is 0 Å². The van der Waals surface area contributed by atoms with Gasteiger partial charge < -0.3 is 10.0 Å². The molecule has 1 aliphatic heterocycles. The molecule has 0 aliphatic carbocycles. The van der Waals surface area contributed by atoms with Gasteiger partial charge in [0.1, 0.15) is 0 Å². The number of carbonyl (C=O) groups is 2. The minimum atomic E-state index is -4.64. The summed E-state index contributed by atoms with van der Waals surface area (Å²) < 4.78 is 38.4. The van der Waals surface area contributed by atoms with Crippen molar-refractivity contribution in [1.82, 2.24) is 9.88 Å². The van der Waals surface area contributed by atoms with E-state index in [4.69, 9.17) is 5.11 Å². The fraction of sp³-hybridized carbons (Fsp3) is 0.417. The van der Waals surface area contributed by atoms with Crippen LogP contribution < -0.4 is 0 Å². The maximum Gasteiger partial charge on any atom is 0.394 e. The Kier molecular flexibility index (Phi) is 7.11. The summed E-state index contributed by atoms with van der Waals surface area (Å²) in [5.74, 6) is -5.82. The van der Waals surface area contributed by atoms with E-state index in [1.807, 2.05) is 0 Å². The molecule has 5 nitrogen and oxygen atoms in total. The van der Waals surface area contributed by atoms with Crippen molar-refractivity contribution >= 4 is 36.7 Å². The van der Waals surface area contributed by atoms with Crippen LogP contribution in [0.1, 0.15) is 10.4 Å². The molecule has 124 valence electrons. The van der Waals surface area contributed by atoms with Crippen molar-refractivity contribution in [2.45, 2.75) is 6.18 Å². The molecule has 0 radical (unpaired) electrons. The van der Waals surface area contributed by atoms with Crippen molar-refractivity contribution < 1.29 is 27.9 Å². The van der Waals surface area contributed by atoms with Gasteiger partial charge in [0.25, 0.3) is 5.91 Å². The van der Waals surface area contributed by atoms with Gasteiger partial charge >= 0.3 is 12.1 Å². The molecule has 0 bridgehead atoms. The summed E-state index contributed by atoms with van der Waals surface area (Å²) in [7, 11) is 0. The molecule has 2 rings (SSSR count). The van der Waals surface area contributed by atoms with E-state index in [-0.39, 0.29) is 30.4 Å². The summed E-state index contributed by atoms with van der Waals surface area (Å²) in [6, 6.07) is 2.75. The van der Waals surface area contributed by atoms with E-state index in [0.717, 1.165) is 4.90 Å². The minimum Gasteiger partial charge on any atom is -0.481 e. The Morgan fingerprint density at radius 2 is 1.73 bits per heavy atom. The van der Waals surface area contributed by atoms with Crippen LogP contribution >= 0.6 is 24.8 Å². The smallest absolute Gasteiger partial charge is 0.394 e. The Bertz CT molecular complexity index is 528. The van der Waals surface area contributed by atoms with Crippen molar-refractivity contribution in [3.05, 3.63) is 30.1 Å². The fourth-order valence-electron chi connectivity index (χ4n) is 2.23. The number of amides is 1. The summed E-state index contributed by atoms with van der Waals surface area (Å²) in [4.78, 5) is 27.6. The Morgan fingerprint density at radius 1 is 1.18 bits per heavy atom. The molecule has 1 aliphatic rings. The molecule has 1 aromatic rings. The Balaban J connectivity index is 0.00000220. The van der Waals surface area contributed by atoms with Gasteiger partial charge in [-0.3, -0.25) is 14.6 Å². The zero-order chi connectivity index (χ0) is 14.9. The predicted octanol–water partition coefficient (Wildman–Crippen LogP) is 2.26. The lowest BCUT2D eigenvalue weighted by Gasteiger charge is -2.18. The molecule has 2 heterocycles. The van der Waals surface area contributed by atoms with Crippen LogP contribution in [0.3, 0.4) is 0 Å². The molecular weight excluding hydrogens is 348 g/mol. The topological polar surface area (TPSA) is 70.5 Å². The summed E-state index contributed by atoms with van der Waals surface area (Å²) in [6.07, 6.45) is -1.95. The number of hydrogen-bond acceptors (Lipinski definition) is 3. The lowest BCUT2D eigenvalue weighted by Crippen LogP contribution is -2.34. The molecule has 0 saturated carbocycles. The molecule has 1 aromatic heterocycles. The lowest BCUT2D eigenvalue weighted by atomic mass is 9.96. The number of rotatable bonds is 2. The van der Waals surface area contributed by atoms with Crippen molar-refractivity contribution in [2.24, 2.45) is 11.8 Å². The highest BCUT2D eigenvalue weighted by atomic mass is 35.5. The quantitative estimate of drug-likeness (QED) is 0.877. The van der Waals surface area contributed by atoms with Crippen molar-refractivity contribution in [3.63, 3.8) is 0 Å². The van der Waals surface area contributed by atoms with Crippen LogP contribution in [0.25, 0.3) is 0 Å². The molecule has 1 N–H and O–H groups in total. The third-order valence-electron chi connectivity index (χ3n) is 3.27. The third kappa shape index (κ3) is 4.23. The number of alkyl halides is 3. The lowest BCUT2D eigenvalue weighted by molar-refractivity contribution is -0.187. The number of aromatic nitrogens is 1. The van der Waals surface area contributed by atoms with Gasteiger partial charge in [0, 0.05) is 31.0 Å². The summed E-state index contributed by atoms with van der Waals surface area (Å²) in [6.45, 7) is -1.08. The van der Waals surface area contributed by atoms with E-state index < -0.39 is 43.0 Å². The highest BCUT2D eigenvalue weighted by Crippen LogP contribution is 2.38. The Morgan fingerprint density at radius 3 is 2.14 bits per heavy atom. The van der Waals surface area contributed by atoms with Gasteiger partial charge in [-0.1, -0.05) is 0 Å². The fourth-order valence-corrected chi connectivity index (χ4v) is 2.23. The largest absolute Gasteiger partial charge is 0.481 e. The maximum atomic E-state index is 12.8. The van der Waals surface area contributed by atoms with Crippen LogP contribution in [-0.2, 0) is 4.79 Å². The van der Waals surface area contributed by atoms with Crippen molar-refractivity contribution in [1.29, 1.82) is 0 Å². The second kappa shape index (κ2) is 7.64. The number of carboxylic acids is 1. The van der Waals surface area contributed by atoms with Gasteiger partial charge in [-0.2, -0.15) is 13.2 Å². The number of hydrogen-bond donors (Lipinski definition) is 1. The van der Waals surface area contributed by atoms with Crippen LogP contribution in [0.5, 0.6) is 0 Å². The van der Waals surface area contributed by atoms with E-state index in [1.165, 1.54) is 24.5 Å². The van der Waals surface area contributed by atoms with Gasteiger partial charge in [0.05, 0.1) is 11.8 Å². The maximum absolute atomic E-state index is 12.8. The van der Waals surface area contributed by atoms with Gasteiger partial charge in [0.2, 0.25) is 0 Å². The number of halogens is 5. The zero-order valence-corrected chi connectivity index (χ0v) is 12.6. The van der Waals surface area contributed by atoms with Crippen molar-refractivity contribution in [2.75, 3.05) is 13.1 Å². The average Bonchev–Trinajstić information content (AvgIpc) is 2.84. The molecule has 22 heavy (non-hydrogen) atoms. The van der Waals surface area contributed by atoms with Crippen LogP contribution in [0.2, 0.25) is 0 Å². The number of likely N-dealkylation sites (tertiary alicyclic amines) is 1. The monoisotopic (exact) mass is 360 g/mol. The van der Waals surface area contributed by atoms with E-state index >= 15 is 0 Å². The van der Waals surface area contributed by atoms with Crippen LogP contribution in [0.4, 0.5) is 13.2 Å². The van der Waals surface area contributed by atoms with Gasteiger partial charge in [-0.15, -0.1) is 24.8 Å². The number of carbonyl (C=O) groups excluding carboxylic acids is 1. The normalized spacial score (nSPS) is 20.8. The average molecular weight is 361 g/mol. The SMILES string of the molecule is Cl.Cl.O=C(O)[C@@H]1CN(C(=O)c2ccncc2)C[C@H]1C(F)(F)F. The first-order chi connectivity index (χ1) is 9.30. The Hall–Kier alpha value is -1.54. The standard InChI is InChI=1S/C12H11F3N2O3.2ClH/c13-12(14,15)9-6-17(5-8(9)11(19)20)10(18)7-1-3-16-4-2-7;;/h1-4,8-9H,5-6H2,(H,19,20);2*1H/t8-,9-;;/m1../s1. The summed E-state index contributed by atoms with van der Waals surface area (Å²) in [5, 5.41) is 8.87.